The van der Waals surface area contributed by atoms with Crippen molar-refractivity contribution in [2.75, 3.05) is 5.32 Å². The van der Waals surface area contributed by atoms with Crippen LogP contribution in [0.1, 0.15) is 54.9 Å². The maximum Gasteiger partial charge on any atom is 0.191 e. The maximum absolute atomic E-state index is 4.86. The highest BCUT2D eigenvalue weighted by Gasteiger charge is 2.17. The Labute approximate surface area is 185 Å². The first kappa shape index (κ1) is 23.9. The summed E-state index contributed by atoms with van der Waals surface area (Å²) in [5.74, 6) is 1.11. The molecule has 5 nitrogen and oxygen atoms in total. The van der Waals surface area contributed by atoms with Gasteiger partial charge in [-0.1, -0.05) is 68.5 Å². The van der Waals surface area contributed by atoms with Crippen LogP contribution in [0.25, 0.3) is 11.0 Å². The highest BCUT2D eigenvalue weighted by atomic mass is 32.2. The molecule has 2 atom stereocenters. The summed E-state index contributed by atoms with van der Waals surface area (Å²) < 4.78 is 1.99. The number of rotatable bonds is 10. The summed E-state index contributed by atoms with van der Waals surface area (Å²) in [4.78, 5) is 9.64. The van der Waals surface area contributed by atoms with Crippen molar-refractivity contribution < 1.29 is 0 Å². The zero-order valence-electron chi connectivity index (χ0n) is 19.4. The minimum absolute atomic E-state index is 0.349. The van der Waals surface area contributed by atoms with E-state index in [1.54, 1.807) is 11.8 Å². The Kier molecular flexibility index (Phi) is 8.90. The third-order valence-corrected chi connectivity index (χ3v) is 6.00. The van der Waals surface area contributed by atoms with Crippen LogP contribution in [0.15, 0.2) is 59.1 Å². The molecule has 2 aromatic heterocycles. The predicted octanol–water partition coefficient (Wildman–Crippen LogP) is 6.77. The molecule has 0 saturated heterocycles. The first-order valence-corrected chi connectivity index (χ1v) is 11.4. The van der Waals surface area contributed by atoms with Gasteiger partial charge in [-0.05, 0) is 46.1 Å². The number of hydrogen-bond acceptors (Lipinski definition) is 5. The van der Waals surface area contributed by atoms with Gasteiger partial charge in [0.05, 0.1) is 11.6 Å². The first-order chi connectivity index (χ1) is 14.2. The number of aromatic nitrogens is 4. The number of nitrogens with zero attached hydrogens (tertiary/aromatic N) is 4. The molecule has 0 aliphatic rings. The van der Waals surface area contributed by atoms with Gasteiger partial charge < -0.3 is 5.32 Å². The molecule has 0 radical (unpaired) electrons. The Morgan fingerprint density at radius 3 is 2.63 bits per heavy atom. The van der Waals surface area contributed by atoms with Crippen molar-refractivity contribution in [2.24, 2.45) is 5.92 Å². The van der Waals surface area contributed by atoms with Gasteiger partial charge in [-0.2, -0.15) is 5.10 Å². The summed E-state index contributed by atoms with van der Waals surface area (Å²) >= 11 is 1.69. The quantitative estimate of drug-likeness (QED) is 0.259. The Balaban J connectivity index is 2.45. The van der Waals surface area contributed by atoms with E-state index in [1.807, 2.05) is 30.0 Å². The van der Waals surface area contributed by atoms with Crippen LogP contribution < -0.4 is 5.32 Å². The number of thioether (sulfide) groups is 1. The molecule has 6 heteroatoms. The van der Waals surface area contributed by atoms with Crippen LogP contribution >= 0.6 is 11.8 Å². The van der Waals surface area contributed by atoms with Crippen molar-refractivity contribution in [2.45, 2.75) is 71.8 Å². The van der Waals surface area contributed by atoms with E-state index in [2.05, 4.69) is 70.7 Å². The standard InChI is InChI=1S/C24H35N5S/c1-9-11-12-17(5)18(6)15-29-23-21(14-25-29)22(26-19(7)13-16(3)4)27-24(28-23)30-20(8)10-2/h9,11-14,18,20H,7,10,15H2,1-6,8H3,(H,26,27,28)/b11-9-,17-12+. The van der Waals surface area contributed by atoms with Gasteiger partial charge in [0.15, 0.2) is 10.8 Å². The van der Waals surface area contributed by atoms with Gasteiger partial charge in [-0.15, -0.1) is 0 Å². The maximum atomic E-state index is 4.86. The first-order valence-electron chi connectivity index (χ1n) is 10.6. The van der Waals surface area contributed by atoms with E-state index in [0.29, 0.717) is 11.2 Å². The minimum atomic E-state index is 0.349. The largest absolute Gasteiger partial charge is 0.340 e. The fourth-order valence-electron chi connectivity index (χ4n) is 2.83. The third kappa shape index (κ3) is 6.59. The summed E-state index contributed by atoms with van der Waals surface area (Å²) in [6.45, 7) is 19.8. The van der Waals surface area contributed by atoms with Crippen molar-refractivity contribution >= 4 is 28.6 Å². The summed E-state index contributed by atoms with van der Waals surface area (Å²) in [6, 6.07) is 0. The minimum Gasteiger partial charge on any atom is -0.340 e. The van der Waals surface area contributed by atoms with E-state index in [1.165, 1.54) is 11.1 Å². The highest BCUT2D eigenvalue weighted by molar-refractivity contribution is 7.99. The van der Waals surface area contributed by atoms with Gasteiger partial charge in [0.25, 0.3) is 0 Å². The van der Waals surface area contributed by atoms with Gasteiger partial charge in [0.1, 0.15) is 5.82 Å². The summed E-state index contributed by atoms with van der Waals surface area (Å²) in [6.07, 6.45) is 11.2. The van der Waals surface area contributed by atoms with E-state index in [4.69, 9.17) is 9.97 Å². The SMILES string of the molecule is C=C(C=C(C)C)Nc1nc(SC(C)CC)nc2c1cnn2CC(C)/C(C)=C/C=C\C. The number of nitrogens with one attached hydrogen (secondary N) is 1. The Hall–Kier alpha value is -2.34. The highest BCUT2D eigenvalue weighted by Crippen LogP contribution is 2.29. The smallest absolute Gasteiger partial charge is 0.191 e. The van der Waals surface area contributed by atoms with Crippen molar-refractivity contribution in [1.29, 1.82) is 0 Å². The molecule has 0 bridgehead atoms. The van der Waals surface area contributed by atoms with E-state index in [9.17, 15) is 0 Å². The Morgan fingerprint density at radius 2 is 2.00 bits per heavy atom. The molecule has 2 unspecified atom stereocenters. The Morgan fingerprint density at radius 1 is 1.27 bits per heavy atom. The molecule has 0 amide bonds. The predicted molar refractivity (Wildman–Crippen MR) is 131 cm³/mol. The molecule has 30 heavy (non-hydrogen) atoms. The fourth-order valence-corrected chi connectivity index (χ4v) is 3.64. The molecule has 0 fully saturated rings. The number of fused-ring (bicyclic) bond motifs is 1. The fraction of sp³-hybridized carbons (Fsp3) is 0.458. The van der Waals surface area contributed by atoms with Gasteiger partial charge in [-0.25, -0.2) is 14.6 Å². The van der Waals surface area contributed by atoms with Crippen LogP contribution in [-0.4, -0.2) is 25.0 Å². The average Bonchev–Trinajstić information content (AvgIpc) is 3.08. The van der Waals surface area contributed by atoms with Gasteiger partial charge in [0, 0.05) is 17.5 Å². The van der Waals surface area contributed by atoms with Gasteiger partial charge >= 0.3 is 0 Å². The molecule has 0 aliphatic heterocycles. The van der Waals surface area contributed by atoms with E-state index in [0.717, 1.165) is 40.7 Å². The van der Waals surface area contributed by atoms with Crippen molar-refractivity contribution in [3.63, 3.8) is 0 Å². The molecule has 2 rings (SSSR count). The van der Waals surface area contributed by atoms with E-state index < -0.39 is 0 Å². The zero-order chi connectivity index (χ0) is 22.3. The summed E-state index contributed by atoms with van der Waals surface area (Å²) in [5, 5.41) is 10.1. The second-order valence-corrected chi connectivity index (χ2v) is 9.37. The monoisotopic (exact) mass is 425 g/mol. The molecule has 0 aromatic carbocycles. The number of hydrogen-bond donors (Lipinski definition) is 1. The summed E-state index contributed by atoms with van der Waals surface area (Å²) in [5.41, 5.74) is 4.16. The lowest BCUT2D eigenvalue weighted by molar-refractivity contribution is 0.510. The van der Waals surface area contributed by atoms with E-state index >= 15 is 0 Å². The lowest BCUT2D eigenvalue weighted by Crippen LogP contribution is -2.11. The lowest BCUT2D eigenvalue weighted by atomic mass is 10.0. The molecule has 2 aromatic rings. The van der Waals surface area contributed by atoms with Crippen LogP contribution in [0, 0.1) is 5.92 Å². The Bertz CT molecular complexity index is 963. The molecule has 0 spiro atoms. The van der Waals surface area contributed by atoms with Crippen molar-refractivity contribution in [3.8, 4) is 0 Å². The third-order valence-electron chi connectivity index (χ3n) is 4.87. The van der Waals surface area contributed by atoms with Crippen LogP contribution in [0.4, 0.5) is 5.82 Å². The zero-order valence-corrected chi connectivity index (χ0v) is 20.2. The van der Waals surface area contributed by atoms with Crippen LogP contribution in [0.3, 0.4) is 0 Å². The van der Waals surface area contributed by atoms with Gasteiger partial charge in [0.2, 0.25) is 0 Å². The number of anilines is 1. The van der Waals surface area contributed by atoms with Crippen molar-refractivity contribution in [3.05, 3.63) is 53.9 Å². The van der Waals surface area contributed by atoms with Gasteiger partial charge in [-0.3, -0.25) is 0 Å². The van der Waals surface area contributed by atoms with Crippen LogP contribution in [0.2, 0.25) is 0 Å². The molecule has 162 valence electrons. The summed E-state index contributed by atoms with van der Waals surface area (Å²) in [7, 11) is 0. The normalized spacial score (nSPS) is 14.2. The molecular weight excluding hydrogens is 390 g/mol. The van der Waals surface area contributed by atoms with Crippen LogP contribution in [-0.2, 0) is 6.54 Å². The van der Waals surface area contributed by atoms with E-state index in [-0.39, 0.29) is 0 Å². The molecule has 0 saturated carbocycles. The molecule has 0 aliphatic carbocycles. The number of allylic oxidation sites excluding steroid dienone is 6. The molecular formula is C24H35N5S. The molecule has 1 N–H and O–H groups in total. The second kappa shape index (κ2) is 11.2. The average molecular weight is 426 g/mol. The van der Waals surface area contributed by atoms with Crippen LogP contribution in [0.5, 0.6) is 0 Å². The topological polar surface area (TPSA) is 55.6 Å². The molecule has 2 heterocycles. The van der Waals surface area contributed by atoms with Crippen molar-refractivity contribution in [1.82, 2.24) is 19.7 Å². The lowest BCUT2D eigenvalue weighted by Gasteiger charge is -2.14. The second-order valence-electron chi connectivity index (χ2n) is 7.96.